The molecule has 8 heteroatoms. The summed E-state index contributed by atoms with van der Waals surface area (Å²) in [5.74, 6) is -1.71. The van der Waals surface area contributed by atoms with Crippen molar-refractivity contribution in [3.8, 4) is 11.5 Å². The number of carboxylic acid groups (broad SMARTS) is 2. The van der Waals surface area contributed by atoms with Gasteiger partial charge in [0, 0.05) is 12.0 Å². The van der Waals surface area contributed by atoms with Crippen LogP contribution in [-0.2, 0) is 20.8 Å². The van der Waals surface area contributed by atoms with E-state index in [2.05, 4.69) is 24.3 Å². The fourth-order valence-corrected chi connectivity index (χ4v) is 4.30. The third kappa shape index (κ3) is 7.70. The van der Waals surface area contributed by atoms with Crippen LogP contribution in [0, 0.1) is 0 Å². The second-order valence-electron chi connectivity index (χ2n) is 9.23. The first kappa shape index (κ1) is 27.4. The molecule has 1 aliphatic heterocycles. The van der Waals surface area contributed by atoms with Crippen LogP contribution in [0.1, 0.15) is 42.4 Å². The monoisotopic (exact) mass is 529 g/mol. The number of aliphatic carboxylic acids is 2. The molecule has 0 bridgehead atoms. The normalized spacial score (nSPS) is 14.5. The summed E-state index contributed by atoms with van der Waals surface area (Å²) < 4.78 is 11.6. The van der Waals surface area contributed by atoms with E-state index in [-0.39, 0.29) is 25.1 Å². The molecule has 1 amide bonds. The summed E-state index contributed by atoms with van der Waals surface area (Å²) in [6, 6.07) is 23.2. The van der Waals surface area contributed by atoms with Crippen molar-refractivity contribution in [3.63, 3.8) is 0 Å². The molecule has 0 saturated heterocycles. The van der Waals surface area contributed by atoms with Gasteiger partial charge in [-0.05, 0) is 48.6 Å². The summed E-state index contributed by atoms with van der Waals surface area (Å²) in [6.07, 6.45) is 4.88. The van der Waals surface area contributed by atoms with Crippen molar-refractivity contribution in [2.24, 2.45) is 0 Å². The van der Waals surface area contributed by atoms with Crippen LogP contribution < -0.4 is 14.4 Å². The Morgan fingerprint density at radius 1 is 0.897 bits per heavy atom. The van der Waals surface area contributed by atoms with Crippen molar-refractivity contribution in [1.29, 1.82) is 0 Å². The Morgan fingerprint density at radius 3 is 2.38 bits per heavy atom. The summed E-state index contributed by atoms with van der Waals surface area (Å²) in [7, 11) is 0. The topological polar surface area (TPSA) is 113 Å². The lowest BCUT2D eigenvalue weighted by molar-refractivity contribution is -0.145. The van der Waals surface area contributed by atoms with Crippen molar-refractivity contribution in [2.75, 3.05) is 18.1 Å². The summed E-state index contributed by atoms with van der Waals surface area (Å²) in [5, 5.41) is 18.5. The average Bonchev–Trinajstić information content (AvgIpc) is 2.95. The minimum Gasteiger partial charge on any atom is -0.494 e. The van der Waals surface area contributed by atoms with Crippen LogP contribution >= 0.6 is 0 Å². The number of hydrogen-bond acceptors (Lipinski definition) is 5. The number of hydrogen-bond donors (Lipinski definition) is 2. The molecule has 0 saturated carbocycles. The molecule has 8 nitrogen and oxygen atoms in total. The van der Waals surface area contributed by atoms with Crippen molar-refractivity contribution in [1.82, 2.24) is 0 Å². The number of amides is 1. The zero-order chi connectivity index (χ0) is 27.6. The van der Waals surface area contributed by atoms with E-state index in [0.717, 1.165) is 30.6 Å². The Labute approximate surface area is 227 Å². The first-order chi connectivity index (χ1) is 18.9. The number of para-hydroxylation sites is 1. The van der Waals surface area contributed by atoms with Gasteiger partial charge in [-0.1, -0.05) is 66.7 Å². The van der Waals surface area contributed by atoms with Crippen molar-refractivity contribution < 1.29 is 34.1 Å². The van der Waals surface area contributed by atoms with Crippen LogP contribution in [0.4, 0.5) is 5.69 Å². The highest BCUT2D eigenvalue weighted by molar-refractivity contribution is 5.98. The lowest BCUT2D eigenvalue weighted by Gasteiger charge is -2.34. The number of aryl methyl sites for hydroxylation is 1. The number of carbonyl (C=O) groups is 3. The van der Waals surface area contributed by atoms with Gasteiger partial charge in [0.25, 0.3) is 0 Å². The molecule has 0 spiro atoms. The van der Waals surface area contributed by atoms with E-state index in [1.165, 1.54) is 10.5 Å². The molecule has 3 aromatic rings. The van der Waals surface area contributed by atoms with Crippen LogP contribution in [0.25, 0.3) is 12.2 Å². The number of rotatable bonds is 12. The average molecular weight is 530 g/mol. The van der Waals surface area contributed by atoms with Gasteiger partial charge in [0.15, 0.2) is 5.75 Å². The number of fused-ring (bicyclic) bond motifs is 1. The highest BCUT2D eigenvalue weighted by Crippen LogP contribution is 2.38. The van der Waals surface area contributed by atoms with Gasteiger partial charge in [-0.3, -0.25) is 9.59 Å². The second kappa shape index (κ2) is 13.3. The summed E-state index contributed by atoms with van der Waals surface area (Å²) in [6.45, 7) is 0.448. The van der Waals surface area contributed by atoms with E-state index in [4.69, 9.17) is 14.6 Å². The van der Waals surface area contributed by atoms with Gasteiger partial charge in [-0.15, -0.1) is 0 Å². The van der Waals surface area contributed by atoms with Crippen LogP contribution in [0.15, 0.2) is 72.8 Å². The van der Waals surface area contributed by atoms with Crippen molar-refractivity contribution >= 4 is 35.7 Å². The lowest BCUT2D eigenvalue weighted by Crippen LogP contribution is -2.47. The number of carbonyl (C=O) groups excluding carboxylic acids is 1. The molecule has 0 radical (unpaired) electrons. The highest BCUT2D eigenvalue weighted by atomic mass is 16.5. The van der Waals surface area contributed by atoms with Gasteiger partial charge in [-0.25, -0.2) is 4.79 Å². The Kier molecular flexibility index (Phi) is 9.34. The van der Waals surface area contributed by atoms with E-state index in [0.29, 0.717) is 17.9 Å². The molecule has 1 aliphatic rings. The summed E-state index contributed by atoms with van der Waals surface area (Å²) in [4.78, 5) is 36.6. The number of unbranched alkanes of at least 4 members (excludes halogenated alkanes) is 1. The van der Waals surface area contributed by atoms with Gasteiger partial charge in [0.1, 0.15) is 5.75 Å². The fourth-order valence-electron chi connectivity index (χ4n) is 4.30. The van der Waals surface area contributed by atoms with E-state index in [1.807, 2.05) is 36.4 Å². The molecular weight excluding hydrogens is 498 g/mol. The third-order valence-electron chi connectivity index (χ3n) is 6.36. The maximum absolute atomic E-state index is 12.7. The molecule has 1 heterocycles. The molecule has 3 aromatic carbocycles. The van der Waals surface area contributed by atoms with Crippen LogP contribution in [0.2, 0.25) is 0 Å². The number of nitrogens with zero attached hydrogens (tertiary/aromatic N) is 1. The SMILES string of the molecule is O=C(O)CCC(=O)N1CC(C(=O)O)Oc2c(/C=C/c3ccc(OCCCCc4ccccc4)cc3)cccc21. The number of carboxylic acids is 2. The van der Waals surface area contributed by atoms with Gasteiger partial charge >= 0.3 is 11.9 Å². The Balaban J connectivity index is 1.39. The van der Waals surface area contributed by atoms with Gasteiger partial charge in [0.05, 0.1) is 25.3 Å². The van der Waals surface area contributed by atoms with E-state index < -0.39 is 23.9 Å². The zero-order valence-electron chi connectivity index (χ0n) is 21.5. The zero-order valence-corrected chi connectivity index (χ0v) is 21.5. The number of benzene rings is 3. The third-order valence-corrected chi connectivity index (χ3v) is 6.36. The van der Waals surface area contributed by atoms with Crippen molar-refractivity contribution in [2.45, 2.75) is 38.2 Å². The largest absolute Gasteiger partial charge is 0.494 e. The van der Waals surface area contributed by atoms with Crippen LogP contribution in [0.5, 0.6) is 11.5 Å². The second-order valence-corrected chi connectivity index (χ2v) is 9.23. The molecule has 202 valence electrons. The van der Waals surface area contributed by atoms with E-state index in [1.54, 1.807) is 24.3 Å². The summed E-state index contributed by atoms with van der Waals surface area (Å²) >= 11 is 0. The predicted octanol–water partition coefficient (Wildman–Crippen LogP) is 5.30. The van der Waals surface area contributed by atoms with E-state index >= 15 is 0 Å². The van der Waals surface area contributed by atoms with Gasteiger partial charge in [-0.2, -0.15) is 0 Å². The predicted molar refractivity (Wildman–Crippen MR) is 148 cm³/mol. The van der Waals surface area contributed by atoms with Crippen LogP contribution in [-0.4, -0.2) is 47.3 Å². The molecular formula is C31H31NO7. The Hall–Kier alpha value is -4.59. The Morgan fingerprint density at radius 2 is 1.67 bits per heavy atom. The first-order valence-corrected chi connectivity index (χ1v) is 12.9. The van der Waals surface area contributed by atoms with E-state index in [9.17, 15) is 19.5 Å². The first-order valence-electron chi connectivity index (χ1n) is 12.9. The molecule has 0 aliphatic carbocycles. The molecule has 4 rings (SSSR count). The number of ether oxygens (including phenoxy) is 2. The molecule has 1 atom stereocenters. The minimum absolute atomic E-state index is 0.193. The smallest absolute Gasteiger partial charge is 0.346 e. The maximum Gasteiger partial charge on any atom is 0.346 e. The van der Waals surface area contributed by atoms with Crippen LogP contribution in [0.3, 0.4) is 0 Å². The molecule has 1 unspecified atom stereocenters. The maximum atomic E-state index is 12.7. The number of anilines is 1. The highest BCUT2D eigenvalue weighted by Gasteiger charge is 2.34. The minimum atomic E-state index is -1.26. The van der Waals surface area contributed by atoms with Gasteiger partial charge < -0.3 is 24.6 Å². The molecule has 0 aromatic heterocycles. The molecule has 0 fully saturated rings. The van der Waals surface area contributed by atoms with Gasteiger partial charge in [0.2, 0.25) is 12.0 Å². The molecule has 39 heavy (non-hydrogen) atoms. The standard InChI is InChI=1S/C31H31NO7/c33-28(18-19-29(34)35)32-21-27(31(36)37)39-30-24(10-6-11-26(30)32)15-12-23-13-16-25(17-14-23)38-20-5-4-9-22-7-2-1-3-8-22/h1-3,6-8,10-17,27H,4-5,9,18-21H2,(H,34,35)(H,36,37)/b15-12+. The summed E-state index contributed by atoms with van der Waals surface area (Å²) in [5.41, 5.74) is 3.26. The molecule has 2 N–H and O–H groups in total. The lowest BCUT2D eigenvalue weighted by atomic mass is 10.1. The fraction of sp³-hybridized carbons (Fsp3) is 0.258. The Bertz CT molecular complexity index is 1320. The quantitative estimate of drug-likeness (QED) is 0.242. The van der Waals surface area contributed by atoms with Crippen molar-refractivity contribution in [3.05, 3.63) is 89.5 Å².